The highest BCUT2D eigenvalue weighted by Crippen LogP contribution is 2.68. The predicted octanol–water partition coefficient (Wildman–Crippen LogP) is 5.79. The molecular formula is C26H44O4. The van der Waals surface area contributed by atoms with Crippen LogP contribution in [0, 0.1) is 46.3 Å². The summed E-state index contributed by atoms with van der Waals surface area (Å²) in [5.41, 5.74) is 0.784. The third kappa shape index (κ3) is 3.54. The van der Waals surface area contributed by atoms with E-state index in [0.29, 0.717) is 47.2 Å². The minimum Gasteiger partial charge on any atom is -0.481 e. The molecule has 30 heavy (non-hydrogen) atoms. The van der Waals surface area contributed by atoms with E-state index in [2.05, 4.69) is 20.8 Å². The van der Waals surface area contributed by atoms with Gasteiger partial charge in [-0.15, -0.1) is 0 Å². The molecule has 0 radical (unpaired) electrons. The van der Waals surface area contributed by atoms with E-state index in [-0.39, 0.29) is 0 Å². The van der Waals surface area contributed by atoms with Crippen molar-refractivity contribution in [2.45, 2.75) is 97.2 Å². The van der Waals surface area contributed by atoms with Gasteiger partial charge in [-0.3, -0.25) is 4.79 Å². The van der Waals surface area contributed by atoms with Gasteiger partial charge in [0.1, 0.15) is 0 Å². The lowest BCUT2D eigenvalue weighted by Gasteiger charge is -2.63. The van der Waals surface area contributed by atoms with Gasteiger partial charge in [-0.05, 0) is 104 Å². The molecule has 4 aliphatic rings. The summed E-state index contributed by atoms with van der Waals surface area (Å²) in [7, 11) is 3.82. The summed E-state index contributed by atoms with van der Waals surface area (Å²) in [5, 5.41) is 9.17. The number of carboxylic acids is 1. The van der Waals surface area contributed by atoms with Crippen molar-refractivity contribution < 1.29 is 19.4 Å². The molecule has 0 unspecified atom stereocenters. The molecular weight excluding hydrogens is 376 g/mol. The largest absolute Gasteiger partial charge is 0.481 e. The Morgan fingerprint density at radius 3 is 2.37 bits per heavy atom. The second kappa shape index (κ2) is 8.39. The topological polar surface area (TPSA) is 55.8 Å². The maximum atomic E-state index is 11.1. The lowest BCUT2D eigenvalue weighted by Crippen LogP contribution is -2.59. The van der Waals surface area contributed by atoms with Crippen LogP contribution in [0.15, 0.2) is 0 Å². The van der Waals surface area contributed by atoms with Crippen LogP contribution >= 0.6 is 0 Å². The van der Waals surface area contributed by atoms with Crippen LogP contribution in [-0.4, -0.2) is 37.5 Å². The van der Waals surface area contributed by atoms with Gasteiger partial charge in [-0.2, -0.15) is 0 Å². The summed E-state index contributed by atoms with van der Waals surface area (Å²) >= 11 is 0. The lowest BCUT2D eigenvalue weighted by molar-refractivity contribution is -0.183. The summed E-state index contributed by atoms with van der Waals surface area (Å²) in [6.45, 7) is 7.45. The van der Waals surface area contributed by atoms with Crippen LogP contribution in [-0.2, 0) is 14.3 Å². The fourth-order valence-electron chi connectivity index (χ4n) is 9.15. The summed E-state index contributed by atoms with van der Waals surface area (Å²) in [5.74, 6) is 3.40. The number of rotatable bonds is 6. The van der Waals surface area contributed by atoms with E-state index in [1.807, 2.05) is 14.2 Å². The highest BCUT2D eigenvalue weighted by Gasteiger charge is 2.63. The summed E-state index contributed by atoms with van der Waals surface area (Å²) in [4.78, 5) is 11.1. The molecule has 172 valence electrons. The number of hydrogen-bond acceptors (Lipinski definition) is 3. The van der Waals surface area contributed by atoms with Crippen molar-refractivity contribution in [1.82, 2.24) is 0 Å². The van der Waals surface area contributed by atoms with Gasteiger partial charge in [0.2, 0.25) is 0 Å². The van der Waals surface area contributed by atoms with Crippen LogP contribution < -0.4 is 0 Å². The van der Waals surface area contributed by atoms with Gasteiger partial charge in [0, 0.05) is 20.6 Å². The predicted molar refractivity (Wildman–Crippen MR) is 118 cm³/mol. The highest BCUT2D eigenvalue weighted by molar-refractivity contribution is 5.66. The first-order valence-electron chi connectivity index (χ1n) is 12.5. The molecule has 0 saturated heterocycles. The van der Waals surface area contributed by atoms with Gasteiger partial charge in [0.15, 0.2) is 0 Å². The fraction of sp³-hybridized carbons (Fsp3) is 0.962. The monoisotopic (exact) mass is 420 g/mol. The number of carbonyl (C=O) groups is 1. The molecule has 0 aromatic heterocycles. The van der Waals surface area contributed by atoms with Crippen molar-refractivity contribution in [2.24, 2.45) is 46.3 Å². The molecule has 4 nitrogen and oxygen atoms in total. The first-order valence-corrected chi connectivity index (χ1v) is 12.5. The van der Waals surface area contributed by atoms with E-state index in [1.54, 1.807) is 0 Å². The Kier molecular flexibility index (Phi) is 6.31. The Hall–Kier alpha value is -0.610. The van der Waals surface area contributed by atoms with E-state index in [0.717, 1.165) is 24.2 Å². The Morgan fingerprint density at radius 2 is 1.70 bits per heavy atom. The van der Waals surface area contributed by atoms with Gasteiger partial charge in [0.25, 0.3) is 0 Å². The SMILES string of the molecule is CO[C@@H]1CC[C@@]2(C)[C@@H](C1)C[C@@H](OC)[C@@H]1[C@@H]2CC[C@]2(C)[C@@H]([C@H](C)CCC(=O)O)CC[C@@H]12. The van der Waals surface area contributed by atoms with Crippen molar-refractivity contribution >= 4 is 5.97 Å². The fourth-order valence-corrected chi connectivity index (χ4v) is 9.15. The van der Waals surface area contributed by atoms with Crippen LogP contribution in [0.25, 0.3) is 0 Å². The number of carboxylic acid groups (broad SMARTS) is 1. The first-order chi connectivity index (χ1) is 14.2. The minimum atomic E-state index is -0.650. The van der Waals surface area contributed by atoms with Gasteiger partial charge in [-0.25, -0.2) is 0 Å². The Balaban J connectivity index is 1.57. The van der Waals surface area contributed by atoms with Gasteiger partial charge < -0.3 is 14.6 Å². The van der Waals surface area contributed by atoms with Crippen LogP contribution in [0.3, 0.4) is 0 Å². The molecule has 4 heteroatoms. The highest BCUT2D eigenvalue weighted by atomic mass is 16.5. The summed E-state index contributed by atoms with van der Waals surface area (Å²) in [6, 6.07) is 0. The average Bonchev–Trinajstić information content (AvgIpc) is 3.08. The third-order valence-corrected chi connectivity index (χ3v) is 10.8. The lowest BCUT2D eigenvalue weighted by atomic mass is 9.43. The molecule has 10 atom stereocenters. The molecule has 0 heterocycles. The smallest absolute Gasteiger partial charge is 0.303 e. The van der Waals surface area contributed by atoms with Crippen LogP contribution in [0.1, 0.15) is 85.0 Å². The van der Waals surface area contributed by atoms with Gasteiger partial charge >= 0.3 is 5.97 Å². The Bertz CT molecular complexity index is 635. The number of methoxy groups -OCH3 is 2. The summed E-state index contributed by atoms with van der Waals surface area (Å²) in [6.07, 6.45) is 12.1. The van der Waals surface area contributed by atoms with Crippen molar-refractivity contribution in [2.75, 3.05) is 14.2 Å². The second-order valence-corrected chi connectivity index (χ2v) is 11.8. The third-order valence-electron chi connectivity index (χ3n) is 10.8. The van der Waals surface area contributed by atoms with Crippen LogP contribution in [0.2, 0.25) is 0 Å². The number of fused-ring (bicyclic) bond motifs is 5. The maximum absolute atomic E-state index is 11.1. The van der Waals surface area contributed by atoms with E-state index in [4.69, 9.17) is 9.47 Å². The van der Waals surface area contributed by atoms with Crippen molar-refractivity contribution in [3.63, 3.8) is 0 Å². The molecule has 0 aromatic rings. The zero-order valence-corrected chi connectivity index (χ0v) is 19.9. The first kappa shape index (κ1) is 22.6. The Morgan fingerprint density at radius 1 is 1.00 bits per heavy atom. The number of ether oxygens (including phenoxy) is 2. The van der Waals surface area contributed by atoms with E-state index >= 15 is 0 Å². The quantitative estimate of drug-likeness (QED) is 0.591. The van der Waals surface area contributed by atoms with Gasteiger partial charge in [0.05, 0.1) is 12.2 Å². The normalized spacial score (nSPS) is 49.0. The molecule has 4 fully saturated rings. The minimum absolute atomic E-state index is 0.311. The molecule has 0 bridgehead atoms. The molecule has 0 spiro atoms. The zero-order chi connectivity index (χ0) is 21.7. The Labute approximate surface area is 183 Å². The maximum Gasteiger partial charge on any atom is 0.303 e. The summed E-state index contributed by atoms with van der Waals surface area (Å²) < 4.78 is 12.0. The average molecular weight is 421 g/mol. The molecule has 0 aromatic carbocycles. The molecule has 1 N–H and O–H groups in total. The van der Waals surface area contributed by atoms with E-state index in [9.17, 15) is 9.90 Å². The van der Waals surface area contributed by atoms with E-state index in [1.165, 1.54) is 51.4 Å². The van der Waals surface area contributed by atoms with Gasteiger partial charge in [-0.1, -0.05) is 20.8 Å². The molecule has 0 amide bonds. The van der Waals surface area contributed by atoms with Crippen LogP contribution in [0.4, 0.5) is 0 Å². The van der Waals surface area contributed by atoms with Crippen LogP contribution in [0.5, 0.6) is 0 Å². The van der Waals surface area contributed by atoms with Crippen molar-refractivity contribution in [1.29, 1.82) is 0 Å². The number of hydrogen-bond donors (Lipinski definition) is 1. The molecule has 4 rings (SSSR count). The molecule has 4 aliphatic carbocycles. The second-order valence-electron chi connectivity index (χ2n) is 11.8. The van der Waals surface area contributed by atoms with E-state index < -0.39 is 5.97 Å². The standard InChI is InChI=1S/C26H44O4/c1-16(6-9-23(27)28)19-7-8-20-24-21(11-13-26(19,20)3)25(2)12-10-18(29-4)14-17(25)15-22(24)30-5/h16-22,24H,6-15H2,1-5H3,(H,27,28)/t16-,17+,18-,19-,20+,21+,22-,24+,25+,26-/m1/s1. The molecule has 4 saturated carbocycles. The zero-order valence-electron chi connectivity index (χ0n) is 19.9. The number of aliphatic carboxylic acids is 1. The van der Waals surface area contributed by atoms with Crippen molar-refractivity contribution in [3.05, 3.63) is 0 Å². The molecule has 0 aliphatic heterocycles. The van der Waals surface area contributed by atoms with Crippen molar-refractivity contribution in [3.8, 4) is 0 Å².